The van der Waals surface area contributed by atoms with Crippen molar-refractivity contribution in [3.63, 3.8) is 0 Å². The van der Waals surface area contributed by atoms with E-state index in [9.17, 15) is 9.59 Å². The minimum Gasteiger partial charge on any atom is -0.348 e. The maximum atomic E-state index is 12.3. The molecule has 0 spiro atoms. The molecule has 23 heavy (non-hydrogen) atoms. The number of rotatable bonds is 3. The molecule has 1 aliphatic rings. The van der Waals surface area contributed by atoms with E-state index >= 15 is 0 Å². The van der Waals surface area contributed by atoms with E-state index in [1.54, 1.807) is 18.2 Å². The molecule has 2 aromatic rings. The van der Waals surface area contributed by atoms with Gasteiger partial charge in [0.15, 0.2) is 0 Å². The Kier molecular flexibility index (Phi) is 4.59. The Hall–Kier alpha value is -1.98. The molecular weight excluding hydrogens is 332 g/mol. The molecule has 2 N–H and O–H groups in total. The van der Waals surface area contributed by atoms with Crippen LogP contribution < -0.4 is 10.6 Å². The van der Waals surface area contributed by atoms with E-state index in [0.717, 1.165) is 10.5 Å². The van der Waals surface area contributed by atoms with Gasteiger partial charge in [0.1, 0.15) is 0 Å². The Labute approximate surface area is 143 Å². The zero-order valence-electron chi connectivity index (χ0n) is 12.4. The molecule has 1 atom stereocenters. The van der Waals surface area contributed by atoms with Crippen LogP contribution in [0.25, 0.3) is 0 Å². The third-order valence-electron chi connectivity index (χ3n) is 3.51. The summed E-state index contributed by atoms with van der Waals surface area (Å²) in [5.41, 5.74) is 2.14. The summed E-state index contributed by atoms with van der Waals surface area (Å²) in [6.45, 7) is 2.25. The van der Waals surface area contributed by atoms with Gasteiger partial charge in [0.25, 0.3) is 5.91 Å². The summed E-state index contributed by atoms with van der Waals surface area (Å²) >= 11 is 7.42. The fraction of sp³-hybridized carbons (Fsp3) is 0.176. The lowest BCUT2D eigenvalue weighted by molar-refractivity contribution is -0.115. The van der Waals surface area contributed by atoms with E-state index < -0.39 is 0 Å². The molecule has 0 saturated heterocycles. The van der Waals surface area contributed by atoms with Gasteiger partial charge in [-0.1, -0.05) is 23.7 Å². The highest BCUT2D eigenvalue weighted by Gasteiger charge is 2.23. The summed E-state index contributed by atoms with van der Waals surface area (Å²) < 4.78 is 0. The number of benzene rings is 2. The molecular formula is C17H15ClN2O2S. The summed E-state index contributed by atoms with van der Waals surface area (Å²) in [5.74, 6) is -0.232. The highest BCUT2D eigenvalue weighted by atomic mass is 35.5. The molecule has 2 amide bonds. The second-order valence-corrected chi connectivity index (χ2v) is 7.09. The Morgan fingerprint density at radius 3 is 2.91 bits per heavy atom. The number of halogens is 1. The van der Waals surface area contributed by atoms with Crippen molar-refractivity contribution in [3.8, 4) is 0 Å². The first-order valence-electron chi connectivity index (χ1n) is 7.17. The molecule has 0 aromatic heterocycles. The first kappa shape index (κ1) is 15.9. The lowest BCUT2D eigenvalue weighted by atomic mass is 10.1. The summed E-state index contributed by atoms with van der Waals surface area (Å²) in [6, 6.07) is 12.7. The van der Waals surface area contributed by atoms with Gasteiger partial charge >= 0.3 is 0 Å². The van der Waals surface area contributed by atoms with Crippen LogP contribution in [0.15, 0.2) is 47.4 Å². The van der Waals surface area contributed by atoms with Gasteiger partial charge in [0.2, 0.25) is 5.91 Å². The minimum atomic E-state index is -0.189. The number of hydrogen-bond acceptors (Lipinski definition) is 3. The maximum absolute atomic E-state index is 12.3. The van der Waals surface area contributed by atoms with Crippen LogP contribution in [-0.4, -0.2) is 17.1 Å². The smallest absolute Gasteiger partial charge is 0.251 e. The van der Waals surface area contributed by atoms with Crippen molar-refractivity contribution in [2.24, 2.45) is 0 Å². The third-order valence-corrected chi connectivity index (χ3v) is 4.93. The molecule has 1 unspecified atom stereocenters. The number of carbonyl (C=O) groups is 2. The number of thioether (sulfide) groups is 1. The molecule has 2 aromatic carbocycles. The predicted octanol–water partition coefficient (Wildman–Crippen LogP) is 3.70. The first-order valence-corrected chi connectivity index (χ1v) is 8.43. The Balaban J connectivity index is 1.71. The highest BCUT2D eigenvalue weighted by molar-refractivity contribution is 8.00. The van der Waals surface area contributed by atoms with Crippen LogP contribution in [0.5, 0.6) is 0 Å². The number of fused-ring (bicyclic) bond motifs is 1. The number of amides is 2. The van der Waals surface area contributed by atoms with Crippen molar-refractivity contribution >= 4 is 40.9 Å². The first-order chi connectivity index (χ1) is 11.0. The van der Waals surface area contributed by atoms with E-state index in [1.165, 1.54) is 11.8 Å². The van der Waals surface area contributed by atoms with Crippen LogP contribution in [0, 0.1) is 0 Å². The molecule has 1 aliphatic heterocycles. The second-order valence-electron chi connectivity index (χ2n) is 5.27. The predicted molar refractivity (Wildman–Crippen MR) is 93.0 cm³/mol. The summed E-state index contributed by atoms with van der Waals surface area (Å²) in [5, 5.41) is 6.20. The monoisotopic (exact) mass is 346 g/mol. The van der Waals surface area contributed by atoms with Crippen LogP contribution in [-0.2, 0) is 11.3 Å². The zero-order chi connectivity index (χ0) is 16.4. The summed E-state index contributed by atoms with van der Waals surface area (Å²) in [6.07, 6.45) is 0. The summed E-state index contributed by atoms with van der Waals surface area (Å²) in [7, 11) is 0. The molecule has 0 bridgehead atoms. The van der Waals surface area contributed by atoms with Crippen molar-refractivity contribution in [2.45, 2.75) is 23.6 Å². The normalized spacial score (nSPS) is 16.4. The van der Waals surface area contributed by atoms with Gasteiger partial charge in [0, 0.05) is 22.0 Å². The van der Waals surface area contributed by atoms with E-state index in [2.05, 4.69) is 10.6 Å². The Morgan fingerprint density at radius 2 is 2.13 bits per heavy atom. The minimum absolute atomic E-state index is 0.0426. The zero-order valence-corrected chi connectivity index (χ0v) is 14.0. The van der Waals surface area contributed by atoms with Gasteiger partial charge in [-0.3, -0.25) is 9.59 Å². The van der Waals surface area contributed by atoms with Crippen molar-refractivity contribution in [1.29, 1.82) is 0 Å². The van der Waals surface area contributed by atoms with Gasteiger partial charge in [-0.25, -0.2) is 0 Å². The Morgan fingerprint density at radius 1 is 1.30 bits per heavy atom. The fourth-order valence-electron chi connectivity index (χ4n) is 2.28. The SMILES string of the molecule is CC1Sc2ccc(C(=O)NCc3cccc(Cl)c3)cc2NC1=O. The van der Waals surface area contributed by atoms with Crippen LogP contribution in [0.3, 0.4) is 0 Å². The quantitative estimate of drug-likeness (QED) is 0.890. The van der Waals surface area contributed by atoms with Crippen LogP contribution in [0.1, 0.15) is 22.8 Å². The number of carbonyl (C=O) groups excluding carboxylic acids is 2. The van der Waals surface area contributed by atoms with E-state index in [0.29, 0.717) is 22.8 Å². The average molecular weight is 347 g/mol. The molecule has 118 valence electrons. The lowest BCUT2D eigenvalue weighted by Crippen LogP contribution is -2.27. The maximum Gasteiger partial charge on any atom is 0.251 e. The molecule has 1 heterocycles. The van der Waals surface area contributed by atoms with Crippen molar-refractivity contribution in [2.75, 3.05) is 5.32 Å². The van der Waals surface area contributed by atoms with Gasteiger partial charge in [-0.05, 0) is 42.8 Å². The third kappa shape index (κ3) is 3.68. The van der Waals surface area contributed by atoms with E-state index in [1.807, 2.05) is 31.2 Å². The van der Waals surface area contributed by atoms with Crippen LogP contribution in [0.4, 0.5) is 5.69 Å². The van der Waals surface area contributed by atoms with Gasteiger partial charge in [0.05, 0.1) is 10.9 Å². The number of nitrogens with one attached hydrogen (secondary N) is 2. The van der Waals surface area contributed by atoms with Gasteiger partial charge in [-0.2, -0.15) is 0 Å². The number of anilines is 1. The molecule has 4 nitrogen and oxygen atoms in total. The summed E-state index contributed by atoms with van der Waals surface area (Å²) in [4.78, 5) is 25.0. The second kappa shape index (κ2) is 6.64. The van der Waals surface area contributed by atoms with Crippen molar-refractivity contribution in [1.82, 2.24) is 5.32 Å². The van der Waals surface area contributed by atoms with Gasteiger partial charge < -0.3 is 10.6 Å². The molecule has 0 saturated carbocycles. The average Bonchev–Trinajstić information content (AvgIpc) is 2.53. The highest BCUT2D eigenvalue weighted by Crippen LogP contribution is 2.35. The van der Waals surface area contributed by atoms with Crippen molar-refractivity contribution in [3.05, 3.63) is 58.6 Å². The van der Waals surface area contributed by atoms with Crippen LogP contribution >= 0.6 is 23.4 Å². The lowest BCUT2D eigenvalue weighted by Gasteiger charge is -2.21. The number of hydrogen-bond donors (Lipinski definition) is 2. The molecule has 3 rings (SSSR count). The molecule has 0 fully saturated rings. The fourth-order valence-corrected chi connectivity index (χ4v) is 3.42. The van der Waals surface area contributed by atoms with Gasteiger partial charge in [-0.15, -0.1) is 11.8 Å². The Bertz CT molecular complexity index is 779. The van der Waals surface area contributed by atoms with E-state index in [-0.39, 0.29) is 17.1 Å². The molecule has 6 heteroatoms. The molecule has 0 radical (unpaired) electrons. The van der Waals surface area contributed by atoms with Crippen LogP contribution in [0.2, 0.25) is 5.02 Å². The van der Waals surface area contributed by atoms with E-state index in [4.69, 9.17) is 11.6 Å². The van der Waals surface area contributed by atoms with Crippen molar-refractivity contribution < 1.29 is 9.59 Å². The molecule has 0 aliphatic carbocycles. The topological polar surface area (TPSA) is 58.2 Å². The largest absolute Gasteiger partial charge is 0.348 e. The standard InChI is InChI=1S/C17H15ClN2O2S/c1-10-16(21)20-14-8-12(5-6-15(14)23-10)17(22)19-9-11-3-2-4-13(18)7-11/h2-8,10H,9H2,1H3,(H,19,22)(H,20,21).